The monoisotopic (exact) mass is 305 g/mol. The Morgan fingerprint density at radius 2 is 1.95 bits per heavy atom. The van der Waals surface area contributed by atoms with Gasteiger partial charge in [-0.05, 0) is 36.8 Å². The predicted octanol–water partition coefficient (Wildman–Crippen LogP) is 2.01. The zero-order chi connectivity index (χ0) is 15.5. The number of sulfonamides is 1. The van der Waals surface area contributed by atoms with Gasteiger partial charge in [0.2, 0.25) is 10.0 Å². The smallest absolute Gasteiger partial charge is 0.256 e. The number of hydrogen-bond donors (Lipinski definition) is 2. The van der Waals surface area contributed by atoms with Crippen molar-refractivity contribution in [2.24, 2.45) is 0 Å². The number of hydrogen-bond acceptors (Lipinski definition) is 4. The number of aromatic nitrogens is 1. The fourth-order valence-corrected chi connectivity index (χ4v) is 2.22. The van der Waals surface area contributed by atoms with Gasteiger partial charge >= 0.3 is 0 Å². The summed E-state index contributed by atoms with van der Waals surface area (Å²) in [4.78, 5) is 16.2. The van der Waals surface area contributed by atoms with Crippen molar-refractivity contribution in [3.8, 4) is 0 Å². The van der Waals surface area contributed by atoms with E-state index in [9.17, 15) is 13.2 Å². The quantitative estimate of drug-likeness (QED) is 0.904. The Bertz CT molecular complexity index is 755. The highest BCUT2D eigenvalue weighted by Crippen LogP contribution is 2.13. The number of nitrogens with zero attached hydrogens (tertiary/aromatic N) is 1. The lowest BCUT2D eigenvalue weighted by molar-refractivity contribution is 0.102. The molecular weight excluding hydrogens is 290 g/mol. The number of carbonyl (C=O) groups excluding carboxylic acids is 1. The fraction of sp³-hybridized carbons (Fsp3) is 0.143. The first-order chi connectivity index (χ1) is 9.83. The van der Waals surface area contributed by atoms with Crippen LogP contribution in [0.15, 0.2) is 42.6 Å². The number of rotatable bonds is 4. The summed E-state index contributed by atoms with van der Waals surface area (Å²) in [5, 5.41) is 2.65. The standard InChI is InChI=1S/C14H15N3O3S/c1-10-6-7-13(15-9-10)16-14(18)11-4-3-5-12(8-11)17-21(2,19)20/h3-9,17H,1-2H3,(H,15,16,18). The molecule has 1 amide bonds. The normalized spacial score (nSPS) is 11.0. The number of benzene rings is 1. The second-order valence-electron chi connectivity index (χ2n) is 4.63. The maximum absolute atomic E-state index is 12.1. The van der Waals surface area contributed by atoms with Crippen LogP contribution >= 0.6 is 0 Å². The van der Waals surface area contributed by atoms with Crippen molar-refractivity contribution in [3.05, 3.63) is 53.7 Å². The summed E-state index contributed by atoms with van der Waals surface area (Å²) < 4.78 is 24.7. The van der Waals surface area contributed by atoms with Crippen LogP contribution in [0.5, 0.6) is 0 Å². The van der Waals surface area contributed by atoms with Crippen LogP contribution in [-0.2, 0) is 10.0 Å². The van der Waals surface area contributed by atoms with Gasteiger partial charge in [0.1, 0.15) is 5.82 Å². The van der Waals surface area contributed by atoms with Gasteiger partial charge in [-0.3, -0.25) is 9.52 Å². The summed E-state index contributed by atoms with van der Waals surface area (Å²) in [6, 6.07) is 9.77. The molecule has 0 saturated heterocycles. The fourth-order valence-electron chi connectivity index (χ4n) is 1.67. The van der Waals surface area contributed by atoms with E-state index in [-0.39, 0.29) is 5.91 Å². The van der Waals surface area contributed by atoms with Crippen molar-refractivity contribution in [1.29, 1.82) is 0 Å². The Balaban J connectivity index is 2.16. The number of aryl methyl sites for hydroxylation is 1. The molecule has 2 aromatic rings. The molecule has 0 aliphatic carbocycles. The molecular formula is C14H15N3O3S. The molecule has 0 radical (unpaired) electrons. The van der Waals surface area contributed by atoms with E-state index in [4.69, 9.17) is 0 Å². The molecule has 2 rings (SSSR count). The molecule has 0 fully saturated rings. The van der Waals surface area contributed by atoms with E-state index in [0.29, 0.717) is 17.1 Å². The minimum absolute atomic E-state index is 0.335. The minimum atomic E-state index is -3.38. The third-order valence-electron chi connectivity index (χ3n) is 2.58. The maximum atomic E-state index is 12.1. The van der Waals surface area contributed by atoms with Gasteiger partial charge in [0.25, 0.3) is 5.91 Å². The Labute approximate surface area is 123 Å². The molecule has 0 aliphatic heterocycles. The highest BCUT2D eigenvalue weighted by molar-refractivity contribution is 7.92. The SMILES string of the molecule is Cc1ccc(NC(=O)c2cccc(NS(C)(=O)=O)c2)nc1. The number of amides is 1. The molecule has 7 heteroatoms. The summed E-state index contributed by atoms with van der Waals surface area (Å²) in [5.74, 6) is 0.0792. The van der Waals surface area contributed by atoms with Gasteiger partial charge in [-0.15, -0.1) is 0 Å². The van der Waals surface area contributed by atoms with Gasteiger partial charge < -0.3 is 5.32 Å². The zero-order valence-electron chi connectivity index (χ0n) is 11.6. The van der Waals surface area contributed by atoms with Crippen molar-refractivity contribution in [2.45, 2.75) is 6.92 Å². The Morgan fingerprint density at radius 3 is 2.57 bits per heavy atom. The maximum Gasteiger partial charge on any atom is 0.256 e. The van der Waals surface area contributed by atoms with Crippen LogP contribution in [-0.4, -0.2) is 25.6 Å². The van der Waals surface area contributed by atoms with Crippen molar-refractivity contribution < 1.29 is 13.2 Å². The Morgan fingerprint density at radius 1 is 1.19 bits per heavy atom. The van der Waals surface area contributed by atoms with Crippen molar-refractivity contribution in [2.75, 3.05) is 16.3 Å². The Hall–Kier alpha value is -2.41. The van der Waals surface area contributed by atoms with Crippen molar-refractivity contribution in [3.63, 3.8) is 0 Å². The second-order valence-corrected chi connectivity index (χ2v) is 6.38. The van der Waals surface area contributed by atoms with Crippen LogP contribution in [0, 0.1) is 6.92 Å². The highest BCUT2D eigenvalue weighted by atomic mass is 32.2. The first-order valence-electron chi connectivity index (χ1n) is 6.15. The van der Waals surface area contributed by atoms with Crippen LogP contribution < -0.4 is 10.0 Å². The molecule has 1 aromatic carbocycles. The summed E-state index contributed by atoms with van der Waals surface area (Å²) in [6.07, 6.45) is 2.70. The highest BCUT2D eigenvalue weighted by Gasteiger charge is 2.09. The molecule has 110 valence electrons. The molecule has 0 spiro atoms. The minimum Gasteiger partial charge on any atom is -0.307 e. The summed E-state index contributed by atoms with van der Waals surface area (Å²) >= 11 is 0. The molecule has 0 aliphatic rings. The van der Waals surface area contributed by atoms with Crippen LogP contribution in [0.1, 0.15) is 15.9 Å². The topological polar surface area (TPSA) is 88.2 Å². The summed E-state index contributed by atoms with van der Waals surface area (Å²) in [6.45, 7) is 1.90. The molecule has 21 heavy (non-hydrogen) atoms. The first-order valence-corrected chi connectivity index (χ1v) is 8.04. The van der Waals surface area contributed by atoms with E-state index in [1.807, 2.05) is 13.0 Å². The Kier molecular flexibility index (Phi) is 4.23. The van der Waals surface area contributed by atoms with E-state index in [2.05, 4.69) is 15.0 Å². The van der Waals surface area contributed by atoms with Crippen LogP contribution in [0.2, 0.25) is 0 Å². The van der Waals surface area contributed by atoms with E-state index >= 15 is 0 Å². The van der Waals surface area contributed by atoms with Gasteiger partial charge in [-0.1, -0.05) is 12.1 Å². The number of anilines is 2. The third kappa shape index (κ3) is 4.57. The lowest BCUT2D eigenvalue weighted by atomic mass is 10.2. The molecule has 0 atom stereocenters. The van der Waals surface area contributed by atoms with Gasteiger partial charge in [0, 0.05) is 17.4 Å². The van der Waals surface area contributed by atoms with E-state index in [1.165, 1.54) is 6.07 Å². The lowest BCUT2D eigenvalue weighted by Gasteiger charge is -2.07. The van der Waals surface area contributed by atoms with Gasteiger partial charge in [0.15, 0.2) is 0 Å². The largest absolute Gasteiger partial charge is 0.307 e. The number of carbonyl (C=O) groups is 1. The predicted molar refractivity (Wildman–Crippen MR) is 81.8 cm³/mol. The van der Waals surface area contributed by atoms with E-state index < -0.39 is 10.0 Å². The lowest BCUT2D eigenvalue weighted by Crippen LogP contribution is -2.14. The number of pyridine rings is 1. The third-order valence-corrected chi connectivity index (χ3v) is 3.19. The average Bonchev–Trinajstić information content (AvgIpc) is 2.40. The van der Waals surface area contributed by atoms with Gasteiger partial charge in [0.05, 0.1) is 6.26 Å². The van der Waals surface area contributed by atoms with E-state index in [0.717, 1.165) is 11.8 Å². The van der Waals surface area contributed by atoms with Crippen molar-refractivity contribution in [1.82, 2.24) is 4.98 Å². The number of nitrogens with one attached hydrogen (secondary N) is 2. The molecule has 6 nitrogen and oxygen atoms in total. The van der Waals surface area contributed by atoms with Gasteiger partial charge in [-0.2, -0.15) is 0 Å². The summed E-state index contributed by atoms with van der Waals surface area (Å²) in [7, 11) is -3.38. The molecule has 0 saturated carbocycles. The molecule has 1 aromatic heterocycles. The molecule has 2 N–H and O–H groups in total. The molecule has 1 heterocycles. The van der Waals surface area contributed by atoms with Gasteiger partial charge in [-0.25, -0.2) is 13.4 Å². The summed E-state index contributed by atoms with van der Waals surface area (Å²) in [5.41, 5.74) is 1.67. The van der Waals surface area contributed by atoms with Crippen molar-refractivity contribution >= 4 is 27.4 Å². The average molecular weight is 305 g/mol. The van der Waals surface area contributed by atoms with Crippen LogP contribution in [0.4, 0.5) is 11.5 Å². The zero-order valence-corrected chi connectivity index (χ0v) is 12.4. The molecule has 0 bridgehead atoms. The van der Waals surface area contributed by atoms with Crippen LogP contribution in [0.3, 0.4) is 0 Å². The first kappa shape index (κ1) is 15.0. The van der Waals surface area contributed by atoms with E-state index in [1.54, 1.807) is 30.5 Å². The van der Waals surface area contributed by atoms with Crippen LogP contribution in [0.25, 0.3) is 0 Å². The molecule has 0 unspecified atom stereocenters. The second kappa shape index (κ2) is 5.92.